The molecule has 0 aliphatic heterocycles. The first-order valence-corrected chi connectivity index (χ1v) is 5.28. The summed E-state index contributed by atoms with van der Waals surface area (Å²) in [4.78, 5) is 0. The highest BCUT2D eigenvalue weighted by Gasteiger charge is 2.34. The summed E-state index contributed by atoms with van der Waals surface area (Å²) in [6, 6.07) is 8.69. The Morgan fingerprint density at radius 1 is 0.733 bits per heavy atom. The van der Waals surface area contributed by atoms with E-state index in [0.717, 1.165) is 0 Å². The lowest BCUT2D eigenvalue weighted by Crippen LogP contribution is -2.18. The molecule has 0 fully saturated rings. The van der Waals surface area contributed by atoms with Gasteiger partial charge in [-0.05, 0) is 11.1 Å². The molecule has 15 heavy (non-hydrogen) atoms. The molecule has 0 amide bonds. The smallest absolute Gasteiger partial charge is 0.0947 e. The fraction of sp³-hybridized carbons (Fsp3) is 0.143. The van der Waals surface area contributed by atoms with Crippen LogP contribution in [0.3, 0.4) is 0 Å². The van der Waals surface area contributed by atoms with Crippen LogP contribution in [0.15, 0.2) is 53.4 Å². The third-order valence-corrected chi connectivity index (χ3v) is 3.56. The van der Waals surface area contributed by atoms with Crippen molar-refractivity contribution in [1.82, 2.24) is 0 Å². The molecule has 0 N–H and O–H groups in total. The predicted octanol–water partition coefficient (Wildman–Crippen LogP) is 3.43. The summed E-state index contributed by atoms with van der Waals surface area (Å²) >= 11 is 0. The van der Waals surface area contributed by atoms with Crippen LogP contribution in [0.4, 0.5) is 0 Å². The minimum atomic E-state index is 0.417. The zero-order valence-corrected chi connectivity index (χ0v) is 8.18. The molecule has 1 aromatic heterocycles. The Balaban J connectivity index is 2.08. The molecular formula is C14H10O. The number of furan rings is 1. The molecule has 0 radical (unpaired) electrons. The molecule has 1 heteroatoms. The highest BCUT2D eigenvalue weighted by atomic mass is 16.3. The van der Waals surface area contributed by atoms with Crippen LogP contribution in [0.5, 0.6) is 0 Å². The molecule has 0 saturated carbocycles. The molecule has 72 valence electrons. The van der Waals surface area contributed by atoms with Gasteiger partial charge in [0.1, 0.15) is 0 Å². The Morgan fingerprint density at radius 3 is 1.80 bits per heavy atom. The Kier molecular flexibility index (Phi) is 1.22. The van der Waals surface area contributed by atoms with E-state index in [1.165, 1.54) is 22.3 Å². The maximum absolute atomic E-state index is 5.34. The number of rotatable bonds is 0. The van der Waals surface area contributed by atoms with E-state index in [9.17, 15) is 0 Å². The van der Waals surface area contributed by atoms with Crippen LogP contribution in [0.2, 0.25) is 0 Å². The monoisotopic (exact) mass is 194 g/mol. The summed E-state index contributed by atoms with van der Waals surface area (Å²) in [6.45, 7) is 0. The van der Waals surface area contributed by atoms with Gasteiger partial charge in [0.2, 0.25) is 0 Å². The zero-order valence-electron chi connectivity index (χ0n) is 8.18. The van der Waals surface area contributed by atoms with Gasteiger partial charge in [-0.2, -0.15) is 0 Å². The van der Waals surface area contributed by atoms with E-state index in [1.54, 1.807) is 0 Å². The van der Waals surface area contributed by atoms with Crippen molar-refractivity contribution in [3.05, 3.63) is 71.2 Å². The summed E-state index contributed by atoms with van der Waals surface area (Å²) in [7, 11) is 0. The lowest BCUT2D eigenvalue weighted by Gasteiger charge is -2.32. The second-order valence-corrected chi connectivity index (χ2v) is 4.25. The van der Waals surface area contributed by atoms with Crippen molar-refractivity contribution in [2.24, 2.45) is 0 Å². The van der Waals surface area contributed by atoms with Crippen LogP contribution in [-0.2, 0) is 0 Å². The van der Waals surface area contributed by atoms with Gasteiger partial charge in [0, 0.05) is 23.0 Å². The normalized spacial score (nSPS) is 25.1. The van der Waals surface area contributed by atoms with Crippen LogP contribution < -0.4 is 0 Å². The molecule has 3 aliphatic carbocycles. The fourth-order valence-electron chi connectivity index (χ4n) is 2.87. The predicted molar refractivity (Wildman–Crippen MR) is 58.0 cm³/mol. The minimum Gasteiger partial charge on any atom is -0.472 e. The summed E-state index contributed by atoms with van der Waals surface area (Å²) in [6.07, 6.45) is 8.38. The van der Waals surface area contributed by atoms with Crippen molar-refractivity contribution in [2.75, 3.05) is 0 Å². The number of allylic oxidation sites excluding steroid dienone is 2. The molecule has 0 spiro atoms. The highest BCUT2D eigenvalue weighted by molar-refractivity contribution is 5.58. The summed E-state index contributed by atoms with van der Waals surface area (Å²) in [5, 5.41) is 0. The topological polar surface area (TPSA) is 13.1 Å². The first-order chi connectivity index (χ1) is 7.45. The molecule has 1 nitrogen and oxygen atoms in total. The van der Waals surface area contributed by atoms with E-state index in [-0.39, 0.29) is 0 Å². The molecule has 5 rings (SSSR count). The van der Waals surface area contributed by atoms with Crippen molar-refractivity contribution in [1.29, 1.82) is 0 Å². The molecule has 1 heterocycles. The van der Waals surface area contributed by atoms with Gasteiger partial charge in [-0.1, -0.05) is 36.4 Å². The van der Waals surface area contributed by atoms with Gasteiger partial charge in [0.05, 0.1) is 12.5 Å². The summed E-state index contributed by atoms with van der Waals surface area (Å²) in [5.41, 5.74) is 5.58. The second-order valence-electron chi connectivity index (χ2n) is 4.25. The van der Waals surface area contributed by atoms with Crippen LogP contribution in [0.1, 0.15) is 34.1 Å². The molecule has 2 unspecified atom stereocenters. The van der Waals surface area contributed by atoms with Gasteiger partial charge in [-0.3, -0.25) is 0 Å². The van der Waals surface area contributed by atoms with E-state index >= 15 is 0 Å². The lowest BCUT2D eigenvalue weighted by molar-refractivity contribution is 0.562. The third kappa shape index (κ3) is 0.793. The van der Waals surface area contributed by atoms with Gasteiger partial charge in [0.15, 0.2) is 0 Å². The van der Waals surface area contributed by atoms with Crippen molar-refractivity contribution in [2.45, 2.75) is 11.8 Å². The minimum absolute atomic E-state index is 0.417. The first kappa shape index (κ1) is 7.52. The van der Waals surface area contributed by atoms with Crippen molar-refractivity contribution < 1.29 is 4.42 Å². The Morgan fingerprint density at radius 2 is 1.27 bits per heavy atom. The Hall–Kier alpha value is -1.76. The van der Waals surface area contributed by atoms with Crippen molar-refractivity contribution >= 4 is 0 Å². The van der Waals surface area contributed by atoms with Gasteiger partial charge in [0.25, 0.3) is 0 Å². The quantitative estimate of drug-likeness (QED) is 0.585. The van der Waals surface area contributed by atoms with Gasteiger partial charge in [-0.25, -0.2) is 0 Å². The number of benzene rings is 1. The number of hydrogen-bond donors (Lipinski definition) is 0. The summed E-state index contributed by atoms with van der Waals surface area (Å²) < 4.78 is 5.34. The molecule has 1 aromatic carbocycles. The van der Waals surface area contributed by atoms with E-state index in [4.69, 9.17) is 4.42 Å². The average Bonchev–Trinajstić information content (AvgIpc) is 2.80. The van der Waals surface area contributed by atoms with Gasteiger partial charge < -0.3 is 4.42 Å². The SMILES string of the molecule is C1=CC2c3ccccc3C1c1cocc12. The molecule has 2 atom stereocenters. The molecule has 2 aromatic rings. The Labute approximate surface area is 88.0 Å². The average molecular weight is 194 g/mol. The standard InChI is InChI=1S/C14H10O/c1-2-4-10-9(3-1)11-5-6-12(10)14-8-15-7-13(11)14/h1-8,11-12H. The van der Waals surface area contributed by atoms with Crippen molar-refractivity contribution in [3.8, 4) is 0 Å². The number of hydrogen-bond acceptors (Lipinski definition) is 1. The van der Waals surface area contributed by atoms with Crippen LogP contribution in [0.25, 0.3) is 0 Å². The maximum Gasteiger partial charge on any atom is 0.0947 e. The van der Waals surface area contributed by atoms with Crippen LogP contribution in [-0.4, -0.2) is 0 Å². The van der Waals surface area contributed by atoms with E-state index in [1.807, 2.05) is 12.5 Å². The molecule has 2 bridgehead atoms. The van der Waals surface area contributed by atoms with Gasteiger partial charge in [-0.15, -0.1) is 0 Å². The molecule has 3 aliphatic rings. The van der Waals surface area contributed by atoms with Crippen molar-refractivity contribution in [3.63, 3.8) is 0 Å². The van der Waals surface area contributed by atoms with E-state index in [0.29, 0.717) is 11.8 Å². The first-order valence-electron chi connectivity index (χ1n) is 5.28. The second kappa shape index (κ2) is 2.43. The van der Waals surface area contributed by atoms with E-state index < -0.39 is 0 Å². The van der Waals surface area contributed by atoms with Crippen LogP contribution in [0, 0.1) is 0 Å². The highest BCUT2D eigenvalue weighted by Crippen LogP contribution is 2.48. The summed E-state index contributed by atoms with van der Waals surface area (Å²) in [5.74, 6) is 0.833. The molecule has 0 saturated heterocycles. The fourth-order valence-corrected chi connectivity index (χ4v) is 2.87. The van der Waals surface area contributed by atoms with E-state index in [2.05, 4.69) is 36.4 Å². The maximum atomic E-state index is 5.34. The van der Waals surface area contributed by atoms with Gasteiger partial charge >= 0.3 is 0 Å². The largest absolute Gasteiger partial charge is 0.472 e. The molecular weight excluding hydrogens is 184 g/mol. The van der Waals surface area contributed by atoms with Crippen LogP contribution >= 0.6 is 0 Å². The Bertz CT molecular complexity index is 515. The zero-order chi connectivity index (χ0) is 9.83. The lowest BCUT2D eigenvalue weighted by atomic mass is 9.69. The third-order valence-electron chi connectivity index (χ3n) is 3.56.